The van der Waals surface area contributed by atoms with E-state index >= 15 is 0 Å². The van der Waals surface area contributed by atoms with E-state index in [1.54, 1.807) is 0 Å². The fourth-order valence-corrected chi connectivity index (χ4v) is 1.31. The van der Waals surface area contributed by atoms with Gasteiger partial charge in [-0.05, 0) is 32.3 Å². The van der Waals surface area contributed by atoms with Crippen molar-refractivity contribution in [2.45, 2.75) is 32.7 Å². The van der Waals surface area contributed by atoms with Gasteiger partial charge < -0.3 is 5.32 Å². The van der Waals surface area contributed by atoms with E-state index in [4.69, 9.17) is 0 Å². The van der Waals surface area contributed by atoms with Crippen LogP contribution in [0.1, 0.15) is 26.7 Å². The van der Waals surface area contributed by atoms with E-state index in [9.17, 15) is 0 Å². The molecule has 12 heavy (non-hydrogen) atoms. The van der Waals surface area contributed by atoms with Crippen molar-refractivity contribution < 1.29 is 0 Å². The minimum Gasteiger partial charge on any atom is -0.382 e. The molecule has 0 saturated heterocycles. The van der Waals surface area contributed by atoms with Crippen LogP contribution in [0.3, 0.4) is 0 Å². The van der Waals surface area contributed by atoms with Crippen LogP contribution in [0.5, 0.6) is 0 Å². The SMILES string of the molecule is C=CC(C)NC1=C(C)C=CCC1. The average molecular weight is 163 g/mol. The molecule has 1 aliphatic rings. The second kappa shape index (κ2) is 4.15. The van der Waals surface area contributed by atoms with Gasteiger partial charge in [-0.2, -0.15) is 0 Å². The number of rotatable bonds is 3. The van der Waals surface area contributed by atoms with Crippen LogP contribution in [0, 0.1) is 0 Å². The zero-order chi connectivity index (χ0) is 8.97. The molecule has 0 fully saturated rings. The molecule has 0 saturated carbocycles. The second-order valence-electron chi connectivity index (χ2n) is 3.27. The first kappa shape index (κ1) is 9.11. The lowest BCUT2D eigenvalue weighted by atomic mass is 10.0. The van der Waals surface area contributed by atoms with Crippen molar-refractivity contribution in [1.82, 2.24) is 5.32 Å². The Hall–Kier alpha value is -0.980. The largest absolute Gasteiger partial charge is 0.382 e. The van der Waals surface area contributed by atoms with Gasteiger partial charge in [-0.15, -0.1) is 6.58 Å². The fraction of sp³-hybridized carbons (Fsp3) is 0.455. The van der Waals surface area contributed by atoms with Gasteiger partial charge in [0.2, 0.25) is 0 Å². The fourth-order valence-electron chi connectivity index (χ4n) is 1.31. The highest BCUT2D eigenvalue weighted by Crippen LogP contribution is 2.16. The summed E-state index contributed by atoms with van der Waals surface area (Å²) >= 11 is 0. The van der Waals surface area contributed by atoms with Gasteiger partial charge in [0.1, 0.15) is 0 Å². The van der Waals surface area contributed by atoms with Gasteiger partial charge in [-0.3, -0.25) is 0 Å². The summed E-state index contributed by atoms with van der Waals surface area (Å²) in [4.78, 5) is 0. The normalized spacial score (nSPS) is 19.2. The Morgan fingerprint density at radius 2 is 2.42 bits per heavy atom. The first-order chi connectivity index (χ1) is 5.74. The predicted octanol–water partition coefficient (Wildman–Crippen LogP) is 2.77. The van der Waals surface area contributed by atoms with Gasteiger partial charge in [-0.1, -0.05) is 18.2 Å². The van der Waals surface area contributed by atoms with Gasteiger partial charge in [0.05, 0.1) is 0 Å². The third-order valence-corrected chi connectivity index (χ3v) is 2.16. The molecular formula is C11H17N. The van der Waals surface area contributed by atoms with Crippen molar-refractivity contribution >= 4 is 0 Å². The summed E-state index contributed by atoms with van der Waals surface area (Å²) < 4.78 is 0. The van der Waals surface area contributed by atoms with Crippen LogP contribution < -0.4 is 5.32 Å². The van der Waals surface area contributed by atoms with Crippen molar-refractivity contribution in [2.75, 3.05) is 0 Å². The van der Waals surface area contributed by atoms with Crippen molar-refractivity contribution in [3.8, 4) is 0 Å². The van der Waals surface area contributed by atoms with E-state index in [0.29, 0.717) is 6.04 Å². The van der Waals surface area contributed by atoms with Crippen molar-refractivity contribution in [1.29, 1.82) is 0 Å². The van der Waals surface area contributed by atoms with Gasteiger partial charge in [0.25, 0.3) is 0 Å². The molecule has 1 N–H and O–H groups in total. The average Bonchev–Trinajstić information content (AvgIpc) is 2.09. The van der Waals surface area contributed by atoms with Gasteiger partial charge in [-0.25, -0.2) is 0 Å². The van der Waals surface area contributed by atoms with E-state index in [0.717, 1.165) is 12.8 Å². The molecule has 1 nitrogen and oxygen atoms in total. The highest BCUT2D eigenvalue weighted by atomic mass is 14.9. The van der Waals surface area contributed by atoms with E-state index in [2.05, 4.69) is 37.9 Å². The molecule has 66 valence electrons. The Morgan fingerprint density at radius 1 is 1.67 bits per heavy atom. The molecule has 0 aliphatic heterocycles. The maximum absolute atomic E-state index is 3.75. The van der Waals surface area contributed by atoms with Crippen LogP contribution in [0.4, 0.5) is 0 Å². The molecule has 0 bridgehead atoms. The Morgan fingerprint density at radius 3 is 3.00 bits per heavy atom. The zero-order valence-corrected chi connectivity index (χ0v) is 7.93. The van der Waals surface area contributed by atoms with Gasteiger partial charge in [0.15, 0.2) is 0 Å². The van der Waals surface area contributed by atoms with E-state index in [1.807, 2.05) is 6.08 Å². The molecule has 1 heteroatoms. The van der Waals surface area contributed by atoms with Crippen molar-refractivity contribution in [3.05, 3.63) is 36.1 Å². The summed E-state index contributed by atoms with van der Waals surface area (Å²) in [5, 5.41) is 3.43. The lowest BCUT2D eigenvalue weighted by Crippen LogP contribution is -2.24. The lowest BCUT2D eigenvalue weighted by molar-refractivity contribution is 0.680. The summed E-state index contributed by atoms with van der Waals surface area (Å²) in [7, 11) is 0. The summed E-state index contributed by atoms with van der Waals surface area (Å²) in [5.74, 6) is 0. The van der Waals surface area contributed by atoms with Crippen LogP contribution >= 0.6 is 0 Å². The number of nitrogens with one attached hydrogen (secondary N) is 1. The molecule has 0 amide bonds. The Bertz CT molecular complexity index is 223. The Labute approximate surface area is 74.9 Å². The van der Waals surface area contributed by atoms with Crippen LogP contribution in [0.2, 0.25) is 0 Å². The van der Waals surface area contributed by atoms with Crippen LogP contribution in [0.15, 0.2) is 36.1 Å². The molecule has 0 aromatic rings. The minimum atomic E-state index is 0.376. The molecule has 0 spiro atoms. The molecular weight excluding hydrogens is 146 g/mol. The molecule has 0 aromatic heterocycles. The third kappa shape index (κ3) is 2.26. The van der Waals surface area contributed by atoms with E-state index in [1.165, 1.54) is 11.3 Å². The summed E-state index contributed by atoms with van der Waals surface area (Å²) in [6, 6.07) is 0.376. The topological polar surface area (TPSA) is 12.0 Å². The van der Waals surface area contributed by atoms with Crippen molar-refractivity contribution in [3.63, 3.8) is 0 Å². The Balaban J connectivity index is 2.60. The molecule has 1 rings (SSSR count). The first-order valence-corrected chi connectivity index (χ1v) is 4.49. The van der Waals surface area contributed by atoms with E-state index < -0.39 is 0 Å². The minimum absolute atomic E-state index is 0.376. The first-order valence-electron chi connectivity index (χ1n) is 4.49. The van der Waals surface area contributed by atoms with Gasteiger partial charge >= 0.3 is 0 Å². The number of hydrogen-bond acceptors (Lipinski definition) is 1. The summed E-state index contributed by atoms with van der Waals surface area (Å²) in [5.41, 5.74) is 2.72. The third-order valence-electron chi connectivity index (χ3n) is 2.16. The van der Waals surface area contributed by atoms with Gasteiger partial charge in [0, 0.05) is 11.7 Å². The molecule has 0 heterocycles. The molecule has 0 aromatic carbocycles. The zero-order valence-electron chi connectivity index (χ0n) is 7.93. The summed E-state index contributed by atoms with van der Waals surface area (Å²) in [6.07, 6.45) is 8.63. The second-order valence-corrected chi connectivity index (χ2v) is 3.27. The van der Waals surface area contributed by atoms with Crippen LogP contribution in [-0.2, 0) is 0 Å². The molecule has 1 unspecified atom stereocenters. The predicted molar refractivity (Wildman–Crippen MR) is 53.9 cm³/mol. The lowest BCUT2D eigenvalue weighted by Gasteiger charge is -2.18. The highest BCUT2D eigenvalue weighted by Gasteiger charge is 2.05. The van der Waals surface area contributed by atoms with E-state index in [-0.39, 0.29) is 0 Å². The maximum atomic E-state index is 3.75. The molecule has 1 atom stereocenters. The Kier molecular flexibility index (Phi) is 3.15. The highest BCUT2D eigenvalue weighted by molar-refractivity contribution is 5.27. The maximum Gasteiger partial charge on any atom is 0.0410 e. The standard InChI is InChI=1S/C11H17N/c1-4-10(3)12-11-8-6-5-7-9(11)2/h4-5,7,10,12H,1,6,8H2,2-3H3. The molecule has 0 radical (unpaired) electrons. The smallest absolute Gasteiger partial charge is 0.0410 e. The summed E-state index contributed by atoms with van der Waals surface area (Å²) in [6.45, 7) is 8.01. The van der Waals surface area contributed by atoms with Crippen LogP contribution in [0.25, 0.3) is 0 Å². The molecule has 1 aliphatic carbocycles. The number of allylic oxidation sites excluding steroid dienone is 4. The monoisotopic (exact) mass is 163 g/mol. The quantitative estimate of drug-likeness (QED) is 0.631. The number of hydrogen-bond donors (Lipinski definition) is 1. The van der Waals surface area contributed by atoms with Crippen molar-refractivity contribution in [2.24, 2.45) is 0 Å². The van der Waals surface area contributed by atoms with Crippen LogP contribution in [-0.4, -0.2) is 6.04 Å².